The largest absolute Gasteiger partial charge is 0.493 e. The van der Waals surface area contributed by atoms with Gasteiger partial charge in [-0.25, -0.2) is 15.4 Å². The third-order valence-electron chi connectivity index (χ3n) is 4.03. The third-order valence-corrected chi connectivity index (χ3v) is 4.03. The van der Waals surface area contributed by atoms with Gasteiger partial charge in [0.05, 0.1) is 12.8 Å². The van der Waals surface area contributed by atoms with Gasteiger partial charge in [-0.2, -0.15) is 5.10 Å². The first-order valence-corrected chi connectivity index (χ1v) is 8.93. The molecule has 3 rings (SSSR count). The molecule has 0 atom stereocenters. The fraction of sp³-hybridized carbons (Fsp3) is 0.286. The molecule has 3 aromatic rings. The number of aryl methyl sites for hydroxylation is 2. The summed E-state index contributed by atoms with van der Waals surface area (Å²) in [5, 5.41) is 6.61. The zero-order chi connectivity index (χ0) is 18.4. The zero-order valence-corrected chi connectivity index (χ0v) is 15.5. The monoisotopic (exact) mass is 348 g/mol. The number of hydrogen-bond acceptors (Lipinski definition) is 5. The predicted molar refractivity (Wildman–Crippen MR) is 107 cm³/mol. The SMILES string of the molecule is CCCCOc1ccc2ccccc2c1/C=N/Nc1nc(C)cc(C)n1. The van der Waals surface area contributed by atoms with Crippen LogP contribution >= 0.6 is 0 Å². The molecule has 26 heavy (non-hydrogen) atoms. The van der Waals surface area contributed by atoms with Gasteiger partial charge in [-0.05, 0) is 43.2 Å². The van der Waals surface area contributed by atoms with E-state index in [0.29, 0.717) is 12.6 Å². The number of rotatable bonds is 7. The molecule has 0 radical (unpaired) electrons. The average molecular weight is 348 g/mol. The van der Waals surface area contributed by atoms with Crippen LogP contribution in [0.2, 0.25) is 0 Å². The minimum atomic E-state index is 0.493. The van der Waals surface area contributed by atoms with E-state index in [-0.39, 0.29) is 0 Å². The molecule has 5 nitrogen and oxygen atoms in total. The van der Waals surface area contributed by atoms with Gasteiger partial charge in [0, 0.05) is 17.0 Å². The number of anilines is 1. The molecule has 5 heteroatoms. The molecular weight excluding hydrogens is 324 g/mol. The van der Waals surface area contributed by atoms with Gasteiger partial charge < -0.3 is 4.74 Å². The van der Waals surface area contributed by atoms with E-state index in [0.717, 1.165) is 46.3 Å². The van der Waals surface area contributed by atoms with E-state index in [2.05, 4.69) is 45.6 Å². The highest BCUT2D eigenvalue weighted by Gasteiger charge is 2.07. The maximum absolute atomic E-state index is 5.98. The van der Waals surface area contributed by atoms with E-state index in [4.69, 9.17) is 4.74 Å². The van der Waals surface area contributed by atoms with Crippen LogP contribution in [0, 0.1) is 13.8 Å². The van der Waals surface area contributed by atoms with Gasteiger partial charge in [-0.1, -0.05) is 43.7 Å². The molecule has 134 valence electrons. The normalized spacial score (nSPS) is 11.2. The lowest BCUT2D eigenvalue weighted by atomic mass is 10.0. The van der Waals surface area contributed by atoms with E-state index in [9.17, 15) is 0 Å². The lowest BCUT2D eigenvalue weighted by Gasteiger charge is -2.11. The van der Waals surface area contributed by atoms with Gasteiger partial charge in [0.2, 0.25) is 5.95 Å². The van der Waals surface area contributed by atoms with E-state index in [1.54, 1.807) is 6.21 Å². The van der Waals surface area contributed by atoms with Crippen LogP contribution in [0.25, 0.3) is 10.8 Å². The van der Waals surface area contributed by atoms with Crippen molar-refractivity contribution in [1.29, 1.82) is 0 Å². The summed E-state index contributed by atoms with van der Waals surface area (Å²) in [4.78, 5) is 8.69. The Morgan fingerprint density at radius 3 is 2.62 bits per heavy atom. The Morgan fingerprint density at radius 1 is 1.08 bits per heavy atom. The number of hydrogen-bond donors (Lipinski definition) is 1. The summed E-state index contributed by atoms with van der Waals surface area (Å²) >= 11 is 0. The maximum atomic E-state index is 5.98. The third kappa shape index (κ3) is 4.36. The second-order valence-electron chi connectivity index (χ2n) is 6.24. The minimum absolute atomic E-state index is 0.493. The molecule has 0 aliphatic heterocycles. The van der Waals surface area contributed by atoms with Crippen molar-refractivity contribution in [2.45, 2.75) is 33.6 Å². The van der Waals surface area contributed by atoms with Crippen LogP contribution in [-0.4, -0.2) is 22.8 Å². The van der Waals surface area contributed by atoms with E-state index >= 15 is 0 Å². The van der Waals surface area contributed by atoms with Gasteiger partial charge in [-0.3, -0.25) is 0 Å². The van der Waals surface area contributed by atoms with Crippen LogP contribution in [0.15, 0.2) is 47.6 Å². The number of ether oxygens (including phenoxy) is 1. The number of aromatic nitrogens is 2. The van der Waals surface area contributed by atoms with Crippen molar-refractivity contribution < 1.29 is 4.74 Å². The van der Waals surface area contributed by atoms with Crippen molar-refractivity contribution in [3.8, 4) is 5.75 Å². The maximum Gasteiger partial charge on any atom is 0.243 e. The van der Waals surface area contributed by atoms with Crippen LogP contribution in [0.5, 0.6) is 5.75 Å². The number of fused-ring (bicyclic) bond motifs is 1. The number of nitrogens with zero attached hydrogens (tertiary/aromatic N) is 3. The predicted octanol–water partition coefficient (Wildman–Crippen LogP) is 4.87. The summed E-state index contributed by atoms with van der Waals surface area (Å²) in [6, 6.07) is 14.2. The molecule has 0 spiro atoms. The van der Waals surface area contributed by atoms with Crippen LogP contribution < -0.4 is 10.2 Å². The first-order chi connectivity index (χ1) is 12.7. The molecule has 0 bridgehead atoms. The van der Waals surface area contributed by atoms with E-state index < -0.39 is 0 Å². The Balaban J connectivity index is 1.89. The van der Waals surface area contributed by atoms with Gasteiger partial charge >= 0.3 is 0 Å². The molecule has 0 aliphatic rings. The first-order valence-electron chi connectivity index (χ1n) is 8.93. The number of benzene rings is 2. The first kappa shape index (κ1) is 17.9. The fourth-order valence-electron chi connectivity index (χ4n) is 2.79. The van der Waals surface area contributed by atoms with Crippen LogP contribution in [0.1, 0.15) is 36.7 Å². The minimum Gasteiger partial charge on any atom is -0.493 e. The summed E-state index contributed by atoms with van der Waals surface area (Å²) in [7, 11) is 0. The van der Waals surface area contributed by atoms with E-state index in [1.165, 1.54) is 0 Å². The molecular formula is C21H24N4O. The van der Waals surface area contributed by atoms with Crippen molar-refractivity contribution in [3.05, 3.63) is 59.4 Å². The van der Waals surface area contributed by atoms with Gasteiger partial charge in [0.15, 0.2) is 0 Å². The van der Waals surface area contributed by atoms with Gasteiger partial charge in [0.1, 0.15) is 5.75 Å². The second-order valence-corrected chi connectivity index (χ2v) is 6.24. The quantitative estimate of drug-likeness (QED) is 0.376. The number of nitrogens with one attached hydrogen (secondary N) is 1. The Labute approximate surface area is 154 Å². The molecule has 0 aliphatic carbocycles. The molecule has 0 saturated carbocycles. The molecule has 0 fully saturated rings. The molecule has 0 saturated heterocycles. The Hall–Kier alpha value is -2.95. The molecule has 1 aromatic heterocycles. The van der Waals surface area contributed by atoms with Gasteiger partial charge in [-0.15, -0.1) is 0 Å². The standard InChI is InChI=1S/C21H24N4O/c1-4-5-12-26-20-11-10-17-8-6-7-9-18(17)19(20)14-22-25-21-23-15(2)13-16(3)24-21/h6-11,13-14H,4-5,12H2,1-3H3,(H,23,24,25)/b22-14+. The van der Waals surface area contributed by atoms with Crippen molar-refractivity contribution in [1.82, 2.24) is 9.97 Å². The van der Waals surface area contributed by atoms with Crippen molar-refractivity contribution >= 4 is 22.9 Å². The smallest absolute Gasteiger partial charge is 0.243 e. The molecule has 0 unspecified atom stereocenters. The topological polar surface area (TPSA) is 59.4 Å². The van der Waals surface area contributed by atoms with Crippen molar-refractivity contribution in [2.24, 2.45) is 5.10 Å². The highest BCUT2D eigenvalue weighted by atomic mass is 16.5. The lowest BCUT2D eigenvalue weighted by molar-refractivity contribution is 0.309. The summed E-state index contributed by atoms with van der Waals surface area (Å²) < 4.78 is 5.98. The highest BCUT2D eigenvalue weighted by molar-refractivity contribution is 6.02. The summed E-state index contributed by atoms with van der Waals surface area (Å²) in [5.74, 6) is 1.33. The molecule has 1 N–H and O–H groups in total. The lowest BCUT2D eigenvalue weighted by Crippen LogP contribution is -2.02. The van der Waals surface area contributed by atoms with Crippen molar-refractivity contribution in [3.63, 3.8) is 0 Å². The Kier molecular flexibility index (Phi) is 5.79. The molecule has 0 amide bonds. The highest BCUT2D eigenvalue weighted by Crippen LogP contribution is 2.27. The summed E-state index contributed by atoms with van der Waals surface area (Å²) in [5.41, 5.74) is 5.69. The fourth-order valence-corrected chi connectivity index (χ4v) is 2.79. The van der Waals surface area contributed by atoms with Gasteiger partial charge in [0.25, 0.3) is 0 Å². The average Bonchev–Trinajstić information content (AvgIpc) is 2.62. The van der Waals surface area contributed by atoms with Crippen LogP contribution in [0.3, 0.4) is 0 Å². The number of unbranched alkanes of at least 4 members (excludes halogenated alkanes) is 1. The number of hydrazone groups is 1. The molecule has 1 heterocycles. The second kappa shape index (κ2) is 8.43. The molecule has 2 aromatic carbocycles. The summed E-state index contributed by atoms with van der Waals surface area (Å²) in [6.45, 7) is 6.73. The van der Waals surface area contributed by atoms with Crippen LogP contribution in [-0.2, 0) is 0 Å². The van der Waals surface area contributed by atoms with Crippen molar-refractivity contribution in [2.75, 3.05) is 12.0 Å². The van der Waals surface area contributed by atoms with E-state index in [1.807, 2.05) is 38.1 Å². The van der Waals surface area contributed by atoms with Crippen LogP contribution in [0.4, 0.5) is 5.95 Å². The Morgan fingerprint density at radius 2 is 1.85 bits per heavy atom. The Bertz CT molecular complexity index is 901. The zero-order valence-electron chi connectivity index (χ0n) is 15.5. The summed E-state index contributed by atoms with van der Waals surface area (Å²) in [6.07, 6.45) is 3.91.